The number of phenols is 2. The zero-order valence-electron chi connectivity index (χ0n) is 27.9. The average molecular weight is 697 g/mol. The first-order chi connectivity index (χ1) is 23.6. The van der Waals surface area contributed by atoms with Gasteiger partial charge in [-0.1, -0.05) is 6.07 Å². The van der Waals surface area contributed by atoms with E-state index in [0.29, 0.717) is 0 Å². The molecule has 2 aromatic rings. The monoisotopic (exact) mass is 696 g/mol. The first-order valence-corrected chi connectivity index (χ1v) is 15.5. The van der Waals surface area contributed by atoms with Gasteiger partial charge in [0.2, 0.25) is 17.3 Å². The first kappa shape index (κ1) is 35.4. The highest BCUT2D eigenvalue weighted by Crippen LogP contribution is 2.56. The number of nitrogens with zero attached hydrogens (tertiary/aromatic N) is 1. The molecule has 1 saturated heterocycles. The van der Waals surface area contributed by atoms with Crippen LogP contribution in [-0.2, 0) is 35.7 Å². The van der Waals surface area contributed by atoms with Gasteiger partial charge < -0.3 is 54.6 Å². The zero-order chi connectivity index (χ0) is 36.8. The van der Waals surface area contributed by atoms with E-state index < -0.39 is 123 Å². The van der Waals surface area contributed by atoms with Crippen LogP contribution in [0.2, 0.25) is 0 Å². The lowest BCUT2D eigenvalue weighted by Crippen LogP contribution is -2.73. The standard InChI is InChI=1S/C34H36N2O14/c1-11-7-13-8-18(37)34(49-6)30(43)21-15(29(42)33(34,45)22(13)25(40)19(11)32(44)48-5)9-14-20(24(21)39)16(35)10-17(23(14)38)36-31-28(47-4)26(41)27(46-3)12(2)50-31/h7,9,12,18,26-28,31,35,37,39-41,45H,8,10H2,1-6H3/t12-,18+,26+,27-,28+,31-,33-,34+/m0/s1. The van der Waals surface area contributed by atoms with Crippen molar-refractivity contribution >= 4 is 34.7 Å². The fraction of sp³-hybridized carbons (Fsp3) is 0.471. The molecular weight excluding hydrogens is 660 g/mol. The number of aliphatic hydroxyl groups is 3. The number of fused-ring (bicyclic) bond motifs is 5. The van der Waals surface area contributed by atoms with Crippen molar-refractivity contribution in [3.8, 4) is 11.5 Å². The van der Waals surface area contributed by atoms with Crippen LogP contribution in [-0.4, -0.2) is 131 Å². The summed E-state index contributed by atoms with van der Waals surface area (Å²) in [6, 6.07) is 2.27. The van der Waals surface area contributed by atoms with Crippen LogP contribution in [0.4, 0.5) is 0 Å². The molecule has 1 aliphatic heterocycles. The summed E-state index contributed by atoms with van der Waals surface area (Å²) in [6.45, 7) is 3.08. The third-order valence-electron chi connectivity index (χ3n) is 10.3. The largest absolute Gasteiger partial charge is 0.507 e. The fourth-order valence-electron chi connectivity index (χ4n) is 7.94. The maximum Gasteiger partial charge on any atom is 0.341 e. The van der Waals surface area contributed by atoms with Crippen LogP contribution in [0.25, 0.3) is 0 Å². The van der Waals surface area contributed by atoms with Crippen LogP contribution < -0.4 is 0 Å². The number of aryl methyl sites for hydroxylation is 1. The number of ketones is 3. The number of esters is 1. The molecule has 3 aliphatic carbocycles. The summed E-state index contributed by atoms with van der Waals surface area (Å²) < 4.78 is 26.9. The van der Waals surface area contributed by atoms with E-state index in [9.17, 15) is 44.7 Å². The second-order valence-electron chi connectivity index (χ2n) is 12.7. The molecule has 6 rings (SSSR count). The lowest BCUT2D eigenvalue weighted by molar-refractivity contribution is -0.228. The normalized spacial score (nSPS) is 32.7. The van der Waals surface area contributed by atoms with E-state index in [1.165, 1.54) is 27.2 Å². The van der Waals surface area contributed by atoms with Crippen molar-refractivity contribution in [1.82, 2.24) is 0 Å². The number of ether oxygens (including phenoxy) is 5. The Morgan fingerprint density at radius 1 is 0.980 bits per heavy atom. The number of carbonyl (C=O) groups is 4. The van der Waals surface area contributed by atoms with Gasteiger partial charge in [0.05, 0.1) is 30.6 Å². The zero-order valence-corrected chi connectivity index (χ0v) is 27.9. The number of carbonyl (C=O) groups excluding carboxylic acids is 4. The maximum absolute atomic E-state index is 14.6. The summed E-state index contributed by atoms with van der Waals surface area (Å²) in [5, 5.41) is 66.5. The molecule has 0 aromatic heterocycles. The minimum absolute atomic E-state index is 0.0155. The van der Waals surface area contributed by atoms with E-state index >= 15 is 0 Å². The maximum atomic E-state index is 14.6. The van der Waals surface area contributed by atoms with Gasteiger partial charge in [0.1, 0.15) is 35.4 Å². The summed E-state index contributed by atoms with van der Waals surface area (Å²) in [4.78, 5) is 60.1. The van der Waals surface area contributed by atoms with Crippen LogP contribution >= 0.6 is 0 Å². The van der Waals surface area contributed by atoms with Crippen molar-refractivity contribution in [3.05, 3.63) is 56.6 Å². The summed E-state index contributed by atoms with van der Waals surface area (Å²) in [6.07, 6.45) is -7.77. The van der Waals surface area contributed by atoms with Gasteiger partial charge in [0, 0.05) is 62.1 Å². The van der Waals surface area contributed by atoms with Gasteiger partial charge in [0.15, 0.2) is 17.4 Å². The van der Waals surface area contributed by atoms with E-state index in [0.717, 1.165) is 20.3 Å². The number of hydrogen-bond acceptors (Lipinski definition) is 16. The Kier molecular flexibility index (Phi) is 8.58. The Morgan fingerprint density at radius 2 is 1.64 bits per heavy atom. The first-order valence-electron chi connectivity index (χ1n) is 15.5. The number of phenolic OH excluding ortho intramolecular Hbond substituents is 2. The van der Waals surface area contributed by atoms with Crippen LogP contribution in [0.5, 0.6) is 11.5 Å². The van der Waals surface area contributed by atoms with Gasteiger partial charge in [-0.2, -0.15) is 0 Å². The van der Waals surface area contributed by atoms with E-state index in [1.807, 2.05) is 0 Å². The number of rotatable bonds is 5. The molecule has 8 atom stereocenters. The van der Waals surface area contributed by atoms with Crippen LogP contribution in [0.15, 0.2) is 17.1 Å². The molecule has 0 amide bonds. The van der Waals surface area contributed by atoms with E-state index in [-0.39, 0.29) is 28.1 Å². The number of methoxy groups -OCH3 is 4. The van der Waals surface area contributed by atoms with Crippen molar-refractivity contribution < 1.29 is 68.4 Å². The lowest BCUT2D eigenvalue weighted by Gasteiger charge is -2.53. The number of aromatic hydroxyl groups is 2. The predicted molar refractivity (Wildman–Crippen MR) is 169 cm³/mol. The molecule has 266 valence electrons. The Balaban J connectivity index is 1.55. The SMILES string of the molecule is COC(=O)c1c(C)cc2c(c1O)[C@]1(O)C(=O)c3cc4c(c(O)c3C(=O)[C@]1(OC)[C@H](O)C2)C(=N)CC(=N[C@H]1O[C@@H](C)[C@H](OC)[C@@H](O)[C@H]1OC)C4=O. The topological polar surface area (TPSA) is 252 Å². The molecule has 2 aromatic carbocycles. The third-order valence-corrected chi connectivity index (χ3v) is 10.3. The molecule has 16 nitrogen and oxygen atoms in total. The summed E-state index contributed by atoms with van der Waals surface area (Å²) in [5.41, 5.74) is -9.70. The van der Waals surface area contributed by atoms with Gasteiger partial charge in [-0.05, 0) is 31.0 Å². The Hall–Kier alpha value is -4.42. The summed E-state index contributed by atoms with van der Waals surface area (Å²) in [7, 11) is 4.68. The number of aliphatic hydroxyl groups excluding tert-OH is 2. The van der Waals surface area contributed by atoms with Gasteiger partial charge in [-0.25, -0.2) is 4.79 Å². The smallest absolute Gasteiger partial charge is 0.341 e. The second kappa shape index (κ2) is 12.1. The number of hydrogen-bond donors (Lipinski definition) is 6. The van der Waals surface area contributed by atoms with Gasteiger partial charge in [-0.15, -0.1) is 0 Å². The molecule has 6 N–H and O–H groups in total. The Morgan fingerprint density at radius 3 is 2.24 bits per heavy atom. The highest BCUT2D eigenvalue weighted by molar-refractivity contribution is 6.53. The van der Waals surface area contributed by atoms with Gasteiger partial charge >= 0.3 is 5.97 Å². The molecule has 0 bridgehead atoms. The van der Waals surface area contributed by atoms with Crippen LogP contribution in [0.3, 0.4) is 0 Å². The summed E-state index contributed by atoms with van der Waals surface area (Å²) in [5.74, 6) is -6.35. The Labute approximate surface area is 284 Å². The molecule has 0 unspecified atom stereocenters. The molecule has 16 heteroatoms. The third kappa shape index (κ3) is 4.43. The highest BCUT2D eigenvalue weighted by atomic mass is 16.6. The van der Waals surface area contributed by atoms with Crippen molar-refractivity contribution in [1.29, 1.82) is 5.41 Å². The Bertz CT molecular complexity index is 1920. The molecular formula is C34H36N2O14. The predicted octanol–water partition coefficient (Wildman–Crippen LogP) is 0.293. The highest BCUT2D eigenvalue weighted by Gasteiger charge is 2.72. The van der Waals surface area contributed by atoms with Crippen molar-refractivity contribution in [2.45, 2.75) is 74.6 Å². The minimum Gasteiger partial charge on any atom is -0.507 e. The van der Waals surface area contributed by atoms with Crippen LogP contribution in [0.1, 0.15) is 77.0 Å². The minimum atomic E-state index is -3.20. The second-order valence-corrected chi connectivity index (χ2v) is 12.7. The van der Waals surface area contributed by atoms with Crippen molar-refractivity contribution in [2.75, 3.05) is 28.4 Å². The number of aliphatic imine (C=N–C) groups is 1. The molecule has 0 radical (unpaired) electrons. The van der Waals surface area contributed by atoms with Gasteiger partial charge in [-0.3, -0.25) is 19.4 Å². The van der Waals surface area contributed by atoms with E-state index in [2.05, 4.69) is 4.99 Å². The summed E-state index contributed by atoms with van der Waals surface area (Å²) >= 11 is 0. The average Bonchev–Trinajstić information content (AvgIpc) is 3.05. The van der Waals surface area contributed by atoms with Gasteiger partial charge in [0.25, 0.3) is 0 Å². The number of Topliss-reactive ketones (excluding diaryl/α,β-unsaturated/α-hetero) is 3. The number of benzene rings is 2. The molecule has 1 fully saturated rings. The fourth-order valence-corrected chi connectivity index (χ4v) is 7.94. The van der Waals surface area contributed by atoms with Crippen LogP contribution in [0, 0.1) is 12.3 Å². The molecule has 0 spiro atoms. The lowest BCUT2D eigenvalue weighted by atomic mass is 9.56. The van der Waals surface area contributed by atoms with Crippen molar-refractivity contribution in [2.24, 2.45) is 4.99 Å². The molecule has 4 aliphatic rings. The molecule has 1 heterocycles. The molecule has 50 heavy (non-hydrogen) atoms. The van der Waals surface area contributed by atoms with E-state index in [4.69, 9.17) is 29.1 Å². The quantitative estimate of drug-likeness (QED) is 0.230. The van der Waals surface area contributed by atoms with Crippen molar-refractivity contribution in [3.63, 3.8) is 0 Å². The molecule has 0 saturated carbocycles. The number of nitrogens with one attached hydrogen (secondary N) is 1. The van der Waals surface area contributed by atoms with E-state index in [1.54, 1.807) is 6.92 Å².